The molecule has 27 heavy (non-hydrogen) atoms. The zero-order chi connectivity index (χ0) is 19.0. The average molecular weight is 391 g/mol. The molecule has 1 amide bonds. The summed E-state index contributed by atoms with van der Waals surface area (Å²) >= 11 is 0. The molecule has 146 valence electrons. The summed E-state index contributed by atoms with van der Waals surface area (Å²) in [7, 11) is 0. The van der Waals surface area contributed by atoms with Gasteiger partial charge in [0, 0.05) is 6.54 Å². The highest BCUT2D eigenvalue weighted by Gasteiger charge is 2.31. The molecule has 0 heterocycles. The zero-order valence-electron chi connectivity index (χ0n) is 15.7. The summed E-state index contributed by atoms with van der Waals surface area (Å²) in [6.45, 7) is 3.90. The van der Waals surface area contributed by atoms with E-state index in [0.717, 1.165) is 5.56 Å². The van der Waals surface area contributed by atoms with Crippen molar-refractivity contribution in [2.75, 3.05) is 13.2 Å². The van der Waals surface area contributed by atoms with Gasteiger partial charge in [-0.2, -0.15) is 0 Å². The summed E-state index contributed by atoms with van der Waals surface area (Å²) in [6, 6.07) is 18.8. The molecule has 2 aromatic rings. The molecule has 6 heteroatoms. The van der Waals surface area contributed by atoms with E-state index in [4.69, 9.17) is 10.5 Å². The van der Waals surface area contributed by atoms with Crippen LogP contribution in [-0.4, -0.2) is 25.0 Å². The van der Waals surface area contributed by atoms with Crippen molar-refractivity contribution in [2.24, 2.45) is 11.7 Å². The van der Waals surface area contributed by atoms with Crippen LogP contribution in [0.1, 0.15) is 25.0 Å². The number of esters is 1. The van der Waals surface area contributed by atoms with E-state index in [1.807, 2.05) is 60.7 Å². The minimum Gasteiger partial charge on any atom is -0.466 e. The summed E-state index contributed by atoms with van der Waals surface area (Å²) in [5.74, 6) is -1.12. The van der Waals surface area contributed by atoms with Crippen LogP contribution in [0.3, 0.4) is 0 Å². The molecule has 0 saturated carbocycles. The lowest BCUT2D eigenvalue weighted by molar-refractivity contribution is -0.148. The van der Waals surface area contributed by atoms with Crippen LogP contribution in [0.4, 0.5) is 0 Å². The SMILES string of the molecule is CCOC(=O)C(CNC(=O)C(C)(N)c1ccccc1)Cc1ccccc1.Cl. The smallest absolute Gasteiger partial charge is 0.311 e. The first-order valence-electron chi connectivity index (χ1n) is 8.78. The Labute approximate surface area is 166 Å². The predicted octanol–water partition coefficient (Wildman–Crippen LogP) is 2.82. The Balaban J connectivity index is 0.00000364. The molecule has 0 aliphatic rings. The Morgan fingerprint density at radius 2 is 1.63 bits per heavy atom. The lowest BCUT2D eigenvalue weighted by atomic mass is 9.91. The molecule has 2 atom stereocenters. The Bertz CT molecular complexity index is 721. The lowest BCUT2D eigenvalue weighted by Gasteiger charge is -2.25. The Kier molecular flexibility index (Phi) is 8.98. The molecule has 0 spiro atoms. The normalized spacial score (nSPS) is 13.6. The topological polar surface area (TPSA) is 81.4 Å². The molecule has 2 unspecified atom stereocenters. The number of hydrogen-bond donors (Lipinski definition) is 2. The molecular weight excluding hydrogens is 364 g/mol. The minimum absolute atomic E-state index is 0. The van der Waals surface area contributed by atoms with Crippen LogP contribution in [0.25, 0.3) is 0 Å². The number of rotatable bonds is 8. The number of carbonyl (C=O) groups is 2. The second-order valence-corrected chi connectivity index (χ2v) is 6.42. The number of nitrogens with two attached hydrogens (primary N) is 1. The van der Waals surface area contributed by atoms with Gasteiger partial charge in [-0.25, -0.2) is 0 Å². The second kappa shape index (κ2) is 10.7. The van der Waals surface area contributed by atoms with Gasteiger partial charge in [0.05, 0.1) is 12.5 Å². The maximum atomic E-state index is 12.6. The van der Waals surface area contributed by atoms with E-state index in [0.29, 0.717) is 18.6 Å². The molecule has 0 aliphatic carbocycles. The van der Waals surface area contributed by atoms with Crippen LogP contribution in [0.5, 0.6) is 0 Å². The van der Waals surface area contributed by atoms with Gasteiger partial charge in [-0.05, 0) is 31.4 Å². The fraction of sp³-hybridized carbons (Fsp3) is 0.333. The molecule has 0 aliphatic heterocycles. The lowest BCUT2D eigenvalue weighted by Crippen LogP contribution is -2.50. The van der Waals surface area contributed by atoms with Gasteiger partial charge < -0.3 is 15.8 Å². The molecule has 3 N–H and O–H groups in total. The molecule has 0 fully saturated rings. The van der Waals surface area contributed by atoms with Gasteiger partial charge in [0.1, 0.15) is 5.54 Å². The summed E-state index contributed by atoms with van der Waals surface area (Å²) in [5, 5.41) is 2.82. The summed E-state index contributed by atoms with van der Waals surface area (Å²) in [4.78, 5) is 24.9. The fourth-order valence-electron chi connectivity index (χ4n) is 2.71. The second-order valence-electron chi connectivity index (χ2n) is 6.42. The quantitative estimate of drug-likeness (QED) is 0.679. The van der Waals surface area contributed by atoms with Crippen LogP contribution >= 0.6 is 12.4 Å². The maximum Gasteiger partial charge on any atom is 0.311 e. The first-order valence-corrected chi connectivity index (χ1v) is 8.78. The Hall–Kier alpha value is -2.37. The van der Waals surface area contributed by atoms with E-state index in [-0.39, 0.29) is 30.8 Å². The summed E-state index contributed by atoms with van der Waals surface area (Å²) < 4.78 is 5.16. The van der Waals surface area contributed by atoms with Crippen molar-refractivity contribution in [2.45, 2.75) is 25.8 Å². The first kappa shape index (κ1) is 22.7. The molecule has 0 radical (unpaired) electrons. The fourth-order valence-corrected chi connectivity index (χ4v) is 2.71. The monoisotopic (exact) mass is 390 g/mol. The number of carbonyl (C=O) groups excluding carboxylic acids is 2. The Morgan fingerprint density at radius 3 is 2.19 bits per heavy atom. The van der Waals surface area contributed by atoms with E-state index < -0.39 is 11.5 Å². The molecular formula is C21H27ClN2O3. The Morgan fingerprint density at radius 1 is 1.07 bits per heavy atom. The van der Waals surface area contributed by atoms with Crippen LogP contribution in [0.2, 0.25) is 0 Å². The van der Waals surface area contributed by atoms with Gasteiger partial charge in [0.2, 0.25) is 5.91 Å². The van der Waals surface area contributed by atoms with Gasteiger partial charge in [-0.3, -0.25) is 9.59 Å². The third-order valence-electron chi connectivity index (χ3n) is 4.30. The van der Waals surface area contributed by atoms with E-state index in [9.17, 15) is 9.59 Å². The summed E-state index contributed by atoms with van der Waals surface area (Å²) in [5.41, 5.74) is 6.78. The van der Waals surface area contributed by atoms with Crippen molar-refractivity contribution in [1.82, 2.24) is 5.32 Å². The largest absolute Gasteiger partial charge is 0.466 e. The molecule has 0 aromatic heterocycles. The zero-order valence-corrected chi connectivity index (χ0v) is 16.5. The third kappa shape index (κ3) is 6.38. The van der Waals surface area contributed by atoms with E-state index in [1.165, 1.54) is 0 Å². The van der Waals surface area contributed by atoms with Crippen LogP contribution < -0.4 is 11.1 Å². The number of ether oxygens (including phenoxy) is 1. The number of benzene rings is 2. The van der Waals surface area contributed by atoms with E-state index >= 15 is 0 Å². The van der Waals surface area contributed by atoms with Crippen molar-refractivity contribution in [3.63, 3.8) is 0 Å². The molecule has 0 bridgehead atoms. The molecule has 2 aromatic carbocycles. The third-order valence-corrected chi connectivity index (χ3v) is 4.30. The van der Waals surface area contributed by atoms with E-state index in [1.54, 1.807) is 13.8 Å². The van der Waals surface area contributed by atoms with Gasteiger partial charge in [-0.15, -0.1) is 12.4 Å². The standard InChI is InChI=1S/C21H26N2O3.ClH/c1-3-26-19(24)17(14-16-10-6-4-7-11-16)15-23-20(25)21(2,22)18-12-8-5-9-13-18;/h4-13,17H,3,14-15,22H2,1-2H3,(H,23,25);1H. The molecule has 0 saturated heterocycles. The average Bonchev–Trinajstić information content (AvgIpc) is 2.66. The minimum atomic E-state index is -1.17. The number of hydrogen-bond acceptors (Lipinski definition) is 4. The van der Waals surface area contributed by atoms with Gasteiger partial charge >= 0.3 is 5.97 Å². The summed E-state index contributed by atoms with van der Waals surface area (Å²) in [6.07, 6.45) is 0.493. The van der Waals surface area contributed by atoms with Gasteiger partial charge in [-0.1, -0.05) is 60.7 Å². The number of halogens is 1. The van der Waals surface area contributed by atoms with Gasteiger partial charge in [0.15, 0.2) is 0 Å². The van der Waals surface area contributed by atoms with Crippen LogP contribution in [0.15, 0.2) is 60.7 Å². The van der Waals surface area contributed by atoms with Crippen molar-refractivity contribution < 1.29 is 14.3 Å². The van der Waals surface area contributed by atoms with E-state index in [2.05, 4.69) is 5.32 Å². The van der Waals surface area contributed by atoms with Crippen LogP contribution in [0, 0.1) is 5.92 Å². The number of nitrogens with one attached hydrogen (secondary N) is 1. The predicted molar refractivity (Wildman–Crippen MR) is 109 cm³/mol. The van der Waals surface area contributed by atoms with Crippen molar-refractivity contribution >= 4 is 24.3 Å². The molecule has 5 nitrogen and oxygen atoms in total. The van der Waals surface area contributed by atoms with Crippen molar-refractivity contribution in [1.29, 1.82) is 0 Å². The highest BCUT2D eigenvalue weighted by atomic mass is 35.5. The van der Waals surface area contributed by atoms with Crippen LogP contribution in [-0.2, 0) is 26.3 Å². The first-order chi connectivity index (χ1) is 12.4. The van der Waals surface area contributed by atoms with Crippen molar-refractivity contribution in [3.8, 4) is 0 Å². The van der Waals surface area contributed by atoms with Gasteiger partial charge in [0.25, 0.3) is 0 Å². The maximum absolute atomic E-state index is 12.6. The highest BCUT2D eigenvalue weighted by molar-refractivity contribution is 5.87. The highest BCUT2D eigenvalue weighted by Crippen LogP contribution is 2.18. The molecule has 2 rings (SSSR count). The number of amides is 1. The van der Waals surface area contributed by atoms with Crippen molar-refractivity contribution in [3.05, 3.63) is 71.8 Å².